The lowest BCUT2D eigenvalue weighted by atomic mass is 9.76. The summed E-state index contributed by atoms with van der Waals surface area (Å²) in [6.07, 6.45) is 3.43. The van der Waals surface area contributed by atoms with E-state index in [-0.39, 0.29) is 0 Å². The molecule has 1 aromatic rings. The molecule has 1 saturated carbocycles. The van der Waals surface area contributed by atoms with Crippen LogP contribution in [0.15, 0.2) is 22.7 Å². The van der Waals surface area contributed by atoms with Gasteiger partial charge in [0.15, 0.2) is 0 Å². The second-order valence-corrected chi connectivity index (χ2v) is 5.26. The lowest BCUT2D eigenvalue weighted by Crippen LogP contribution is -2.40. The van der Waals surface area contributed by atoms with Crippen LogP contribution in [0.4, 0.5) is 0 Å². The van der Waals surface area contributed by atoms with E-state index in [2.05, 4.69) is 22.0 Å². The minimum atomic E-state index is 0.384. The summed E-state index contributed by atoms with van der Waals surface area (Å²) >= 11 is 9.53. The van der Waals surface area contributed by atoms with Gasteiger partial charge in [-0.25, -0.2) is 0 Å². The molecule has 0 bridgehead atoms. The van der Waals surface area contributed by atoms with Gasteiger partial charge in [0, 0.05) is 15.5 Å². The zero-order chi connectivity index (χ0) is 10.1. The summed E-state index contributed by atoms with van der Waals surface area (Å²) in [6.45, 7) is 0. The van der Waals surface area contributed by atoms with Crippen molar-refractivity contribution in [3.8, 4) is 0 Å². The Kier molecular flexibility index (Phi) is 3.15. The highest BCUT2D eigenvalue weighted by Crippen LogP contribution is 2.32. The Morgan fingerprint density at radius 3 is 2.71 bits per heavy atom. The average molecular weight is 275 g/mol. The molecule has 2 unspecified atom stereocenters. The van der Waals surface area contributed by atoms with E-state index in [0.29, 0.717) is 12.0 Å². The first-order valence-electron chi connectivity index (χ1n) is 4.86. The van der Waals surface area contributed by atoms with Crippen molar-refractivity contribution in [2.45, 2.75) is 25.3 Å². The molecule has 14 heavy (non-hydrogen) atoms. The fraction of sp³-hybridized carbons (Fsp3) is 0.455. The van der Waals surface area contributed by atoms with Crippen LogP contribution >= 0.6 is 27.5 Å². The number of nitrogens with two attached hydrogens (primary N) is 1. The van der Waals surface area contributed by atoms with Crippen LogP contribution in [0.2, 0.25) is 5.02 Å². The Hall–Kier alpha value is -0.0500. The van der Waals surface area contributed by atoms with E-state index in [1.54, 1.807) is 0 Å². The molecular formula is C11H13BrClN. The maximum atomic E-state index is 6.13. The summed E-state index contributed by atoms with van der Waals surface area (Å²) in [5, 5.41) is 0.846. The topological polar surface area (TPSA) is 26.0 Å². The van der Waals surface area contributed by atoms with Gasteiger partial charge in [-0.1, -0.05) is 33.6 Å². The third-order valence-corrected chi connectivity index (χ3v) is 3.82. The molecule has 0 spiro atoms. The fourth-order valence-corrected chi connectivity index (χ4v) is 2.57. The van der Waals surface area contributed by atoms with Crippen LogP contribution in [-0.4, -0.2) is 6.04 Å². The molecule has 1 aliphatic rings. The first kappa shape index (κ1) is 10.5. The maximum absolute atomic E-state index is 6.13. The summed E-state index contributed by atoms with van der Waals surface area (Å²) < 4.78 is 1.03. The molecule has 1 aromatic carbocycles. The fourth-order valence-electron chi connectivity index (χ4n) is 1.82. The molecule has 0 aromatic heterocycles. The van der Waals surface area contributed by atoms with Gasteiger partial charge in [-0.15, -0.1) is 0 Å². The van der Waals surface area contributed by atoms with E-state index >= 15 is 0 Å². The van der Waals surface area contributed by atoms with Gasteiger partial charge in [0.05, 0.1) is 0 Å². The van der Waals surface area contributed by atoms with Crippen molar-refractivity contribution >= 4 is 27.5 Å². The number of rotatable bonds is 2. The second-order valence-electron chi connectivity index (χ2n) is 3.94. The molecular weight excluding hydrogens is 261 g/mol. The van der Waals surface area contributed by atoms with Crippen molar-refractivity contribution in [2.24, 2.45) is 11.7 Å². The first-order chi connectivity index (χ1) is 6.66. The minimum absolute atomic E-state index is 0.384. The quantitative estimate of drug-likeness (QED) is 0.879. The van der Waals surface area contributed by atoms with Gasteiger partial charge >= 0.3 is 0 Å². The molecule has 0 amide bonds. The number of hydrogen-bond acceptors (Lipinski definition) is 1. The summed E-state index contributed by atoms with van der Waals surface area (Å²) in [6, 6.07) is 6.44. The summed E-state index contributed by atoms with van der Waals surface area (Å²) in [5.74, 6) is 0.633. The first-order valence-corrected chi connectivity index (χ1v) is 6.03. The molecule has 3 heteroatoms. The van der Waals surface area contributed by atoms with Crippen molar-refractivity contribution in [1.82, 2.24) is 0 Å². The lowest BCUT2D eigenvalue weighted by molar-refractivity contribution is 0.256. The molecule has 1 nitrogen and oxygen atoms in total. The number of hydrogen-bond donors (Lipinski definition) is 1. The van der Waals surface area contributed by atoms with Gasteiger partial charge in [0.25, 0.3) is 0 Å². The van der Waals surface area contributed by atoms with Crippen molar-refractivity contribution in [1.29, 1.82) is 0 Å². The van der Waals surface area contributed by atoms with Crippen molar-refractivity contribution in [2.75, 3.05) is 0 Å². The van der Waals surface area contributed by atoms with Crippen LogP contribution in [-0.2, 0) is 6.42 Å². The van der Waals surface area contributed by atoms with Gasteiger partial charge in [-0.05, 0) is 42.9 Å². The van der Waals surface area contributed by atoms with Crippen molar-refractivity contribution < 1.29 is 0 Å². The Morgan fingerprint density at radius 2 is 2.21 bits per heavy atom. The Morgan fingerprint density at radius 1 is 1.43 bits per heavy atom. The standard InChI is InChI=1S/C11H13BrClN/c12-9-3-1-7(10(13)6-9)5-8-2-4-11(8)14/h1,3,6,8,11H,2,4-5,14H2. The molecule has 1 aliphatic carbocycles. The molecule has 1 fully saturated rings. The van der Waals surface area contributed by atoms with Gasteiger partial charge in [0.2, 0.25) is 0 Å². The highest BCUT2D eigenvalue weighted by molar-refractivity contribution is 9.10. The van der Waals surface area contributed by atoms with Crippen LogP contribution in [0.25, 0.3) is 0 Å². The molecule has 0 radical (unpaired) electrons. The number of benzene rings is 1. The second kappa shape index (κ2) is 4.21. The van der Waals surface area contributed by atoms with E-state index < -0.39 is 0 Å². The predicted octanol–water partition coefficient (Wildman–Crippen LogP) is 3.38. The van der Waals surface area contributed by atoms with E-state index in [1.165, 1.54) is 18.4 Å². The minimum Gasteiger partial charge on any atom is -0.327 e. The molecule has 2 N–H and O–H groups in total. The van der Waals surface area contributed by atoms with Gasteiger partial charge in [-0.2, -0.15) is 0 Å². The van der Waals surface area contributed by atoms with Crippen LogP contribution in [0.3, 0.4) is 0 Å². The normalized spacial score (nSPS) is 25.9. The third-order valence-electron chi connectivity index (χ3n) is 2.97. The van der Waals surface area contributed by atoms with Crippen molar-refractivity contribution in [3.63, 3.8) is 0 Å². The lowest BCUT2D eigenvalue weighted by Gasteiger charge is -2.33. The largest absolute Gasteiger partial charge is 0.327 e. The molecule has 0 aliphatic heterocycles. The average Bonchev–Trinajstić information content (AvgIpc) is 2.14. The molecule has 0 saturated heterocycles. The van der Waals surface area contributed by atoms with E-state index in [9.17, 15) is 0 Å². The molecule has 2 atom stereocenters. The van der Waals surface area contributed by atoms with E-state index in [0.717, 1.165) is 15.9 Å². The zero-order valence-electron chi connectivity index (χ0n) is 7.84. The predicted molar refractivity (Wildman–Crippen MR) is 63.6 cm³/mol. The number of halogens is 2. The highest BCUT2D eigenvalue weighted by atomic mass is 79.9. The molecule has 0 heterocycles. The summed E-state index contributed by atoms with van der Waals surface area (Å²) in [5.41, 5.74) is 7.12. The summed E-state index contributed by atoms with van der Waals surface area (Å²) in [7, 11) is 0. The van der Waals surface area contributed by atoms with E-state index in [4.69, 9.17) is 17.3 Å². The van der Waals surface area contributed by atoms with Gasteiger partial charge in [0.1, 0.15) is 0 Å². The van der Waals surface area contributed by atoms with Crippen LogP contribution in [0.5, 0.6) is 0 Å². The van der Waals surface area contributed by atoms with Gasteiger partial charge < -0.3 is 5.73 Å². The third kappa shape index (κ3) is 2.13. The Balaban J connectivity index is 2.09. The molecule has 76 valence electrons. The maximum Gasteiger partial charge on any atom is 0.0449 e. The van der Waals surface area contributed by atoms with Crippen LogP contribution in [0, 0.1) is 5.92 Å². The molecule has 2 rings (SSSR count). The SMILES string of the molecule is NC1CCC1Cc1ccc(Br)cc1Cl. The highest BCUT2D eigenvalue weighted by Gasteiger charge is 2.27. The van der Waals surface area contributed by atoms with Crippen LogP contribution < -0.4 is 5.73 Å². The monoisotopic (exact) mass is 273 g/mol. The smallest absolute Gasteiger partial charge is 0.0449 e. The van der Waals surface area contributed by atoms with Gasteiger partial charge in [-0.3, -0.25) is 0 Å². The summed E-state index contributed by atoms with van der Waals surface area (Å²) in [4.78, 5) is 0. The van der Waals surface area contributed by atoms with Crippen molar-refractivity contribution in [3.05, 3.63) is 33.3 Å². The Labute approximate surface area is 97.8 Å². The van der Waals surface area contributed by atoms with Crippen LogP contribution in [0.1, 0.15) is 18.4 Å². The zero-order valence-corrected chi connectivity index (χ0v) is 10.2. The Bertz CT molecular complexity index is 340. The van der Waals surface area contributed by atoms with E-state index in [1.807, 2.05) is 12.1 Å².